The number of aryl methyl sites for hydroxylation is 1. The second kappa shape index (κ2) is 7.72. The van der Waals surface area contributed by atoms with Crippen LogP contribution >= 0.6 is 0 Å². The molecule has 0 atom stereocenters. The van der Waals surface area contributed by atoms with Crippen molar-refractivity contribution in [1.29, 1.82) is 0 Å². The van der Waals surface area contributed by atoms with Gasteiger partial charge < -0.3 is 4.74 Å². The number of carbonyl (C=O) groups is 1. The lowest BCUT2D eigenvalue weighted by atomic mass is 9.96. The van der Waals surface area contributed by atoms with Crippen LogP contribution in [0.2, 0.25) is 0 Å². The Balaban J connectivity index is 1.59. The largest absolute Gasteiger partial charge is 0.494 e. The number of hydrogen-bond donors (Lipinski definition) is 0. The summed E-state index contributed by atoms with van der Waals surface area (Å²) in [6.45, 7) is 4.54. The summed E-state index contributed by atoms with van der Waals surface area (Å²) in [5.74, 6) is 1.27. The van der Waals surface area contributed by atoms with Crippen molar-refractivity contribution in [2.24, 2.45) is 4.99 Å². The van der Waals surface area contributed by atoms with Crippen LogP contribution in [0, 0.1) is 6.92 Å². The minimum absolute atomic E-state index is 0.223. The fraction of sp³-hybridized carbons (Fsp3) is 0.217. The van der Waals surface area contributed by atoms with Crippen molar-refractivity contribution >= 4 is 28.1 Å². The summed E-state index contributed by atoms with van der Waals surface area (Å²) >= 11 is 0. The number of dihydropyridines is 1. The first kappa shape index (κ1) is 18.0. The van der Waals surface area contributed by atoms with Gasteiger partial charge >= 0.3 is 0 Å². The molecule has 0 saturated heterocycles. The average Bonchev–Trinajstić information content (AvgIpc) is 2.69. The Bertz CT molecular complexity index is 1100. The highest BCUT2D eigenvalue weighted by atomic mass is 16.5. The molecule has 2 aromatic carbocycles. The van der Waals surface area contributed by atoms with Crippen LogP contribution in [0.1, 0.15) is 30.4 Å². The van der Waals surface area contributed by atoms with E-state index in [9.17, 15) is 4.79 Å². The Morgan fingerprint density at radius 2 is 1.89 bits per heavy atom. The Hall–Kier alpha value is -3.34. The molecule has 5 nitrogen and oxygen atoms in total. The Morgan fingerprint density at radius 1 is 1.07 bits per heavy atom. The van der Waals surface area contributed by atoms with Crippen molar-refractivity contribution in [1.82, 2.24) is 9.97 Å². The van der Waals surface area contributed by atoms with Gasteiger partial charge in [-0.05, 0) is 43.2 Å². The SMILES string of the molecule is CCOc1ccc2nc(CC3=NC(=O)C=C(c4ccccc4)C3)nc(C)c2c1. The monoisotopic (exact) mass is 371 g/mol. The van der Waals surface area contributed by atoms with Crippen LogP contribution in [0.5, 0.6) is 5.75 Å². The molecule has 28 heavy (non-hydrogen) atoms. The molecule has 0 spiro atoms. The van der Waals surface area contributed by atoms with Crippen LogP contribution in [0.25, 0.3) is 16.5 Å². The van der Waals surface area contributed by atoms with Gasteiger partial charge in [-0.3, -0.25) is 4.79 Å². The molecule has 0 saturated carbocycles. The molecular weight excluding hydrogens is 350 g/mol. The number of carbonyl (C=O) groups excluding carboxylic acids is 1. The molecule has 0 radical (unpaired) electrons. The minimum Gasteiger partial charge on any atom is -0.494 e. The van der Waals surface area contributed by atoms with Crippen molar-refractivity contribution in [2.45, 2.75) is 26.7 Å². The van der Waals surface area contributed by atoms with E-state index in [1.165, 1.54) is 0 Å². The molecule has 1 aromatic heterocycles. The maximum absolute atomic E-state index is 12.1. The highest BCUT2D eigenvalue weighted by Crippen LogP contribution is 2.25. The van der Waals surface area contributed by atoms with E-state index in [1.807, 2.05) is 62.4 Å². The molecular formula is C23H21N3O2. The zero-order valence-electron chi connectivity index (χ0n) is 16.0. The van der Waals surface area contributed by atoms with Gasteiger partial charge in [0.15, 0.2) is 0 Å². The van der Waals surface area contributed by atoms with Gasteiger partial charge in [-0.15, -0.1) is 0 Å². The summed E-state index contributed by atoms with van der Waals surface area (Å²) in [4.78, 5) is 25.6. The average molecular weight is 371 g/mol. The summed E-state index contributed by atoms with van der Waals surface area (Å²) < 4.78 is 5.57. The van der Waals surface area contributed by atoms with Gasteiger partial charge in [0.25, 0.3) is 5.91 Å². The summed E-state index contributed by atoms with van der Waals surface area (Å²) in [7, 11) is 0. The van der Waals surface area contributed by atoms with E-state index in [1.54, 1.807) is 6.08 Å². The smallest absolute Gasteiger partial charge is 0.269 e. The highest BCUT2D eigenvalue weighted by Gasteiger charge is 2.17. The number of amides is 1. The molecule has 1 aliphatic heterocycles. The first-order chi connectivity index (χ1) is 13.6. The number of nitrogens with zero attached hydrogens (tertiary/aromatic N) is 3. The third-order valence-corrected chi connectivity index (χ3v) is 4.68. The third kappa shape index (κ3) is 3.83. The lowest BCUT2D eigenvalue weighted by molar-refractivity contribution is -0.113. The van der Waals surface area contributed by atoms with Crippen molar-refractivity contribution in [2.75, 3.05) is 6.61 Å². The van der Waals surface area contributed by atoms with Crippen LogP contribution < -0.4 is 4.74 Å². The van der Waals surface area contributed by atoms with Crippen molar-refractivity contribution in [3.05, 3.63) is 71.7 Å². The molecule has 0 unspecified atom stereocenters. The fourth-order valence-electron chi connectivity index (χ4n) is 3.43. The number of hydrogen-bond acceptors (Lipinski definition) is 4. The van der Waals surface area contributed by atoms with Gasteiger partial charge in [0.1, 0.15) is 11.6 Å². The zero-order chi connectivity index (χ0) is 19.5. The van der Waals surface area contributed by atoms with Crippen molar-refractivity contribution < 1.29 is 9.53 Å². The number of fused-ring (bicyclic) bond motifs is 1. The van der Waals surface area contributed by atoms with E-state index in [0.717, 1.165) is 39.2 Å². The summed E-state index contributed by atoms with van der Waals surface area (Å²) in [5.41, 5.74) is 4.57. The van der Waals surface area contributed by atoms with E-state index < -0.39 is 0 Å². The molecule has 2 heterocycles. The van der Waals surface area contributed by atoms with E-state index in [4.69, 9.17) is 4.74 Å². The first-order valence-electron chi connectivity index (χ1n) is 9.39. The first-order valence-corrected chi connectivity index (χ1v) is 9.39. The highest BCUT2D eigenvalue weighted by molar-refractivity contribution is 6.12. The lowest BCUT2D eigenvalue weighted by Crippen LogP contribution is -2.14. The van der Waals surface area contributed by atoms with Crippen molar-refractivity contribution in [3.63, 3.8) is 0 Å². The molecule has 0 fully saturated rings. The summed E-state index contributed by atoms with van der Waals surface area (Å²) in [6, 6.07) is 15.8. The maximum atomic E-state index is 12.1. The lowest BCUT2D eigenvalue weighted by Gasteiger charge is -2.14. The molecule has 5 heteroatoms. The second-order valence-electron chi connectivity index (χ2n) is 6.74. The predicted molar refractivity (Wildman–Crippen MR) is 111 cm³/mol. The summed E-state index contributed by atoms with van der Waals surface area (Å²) in [6.07, 6.45) is 2.69. The Kier molecular flexibility index (Phi) is 4.98. The number of allylic oxidation sites excluding steroid dienone is 1. The predicted octanol–water partition coefficient (Wildman–Crippen LogP) is 4.33. The fourth-order valence-corrected chi connectivity index (χ4v) is 3.43. The quantitative estimate of drug-likeness (QED) is 0.669. The normalized spacial score (nSPS) is 14.0. The van der Waals surface area contributed by atoms with Gasteiger partial charge in [-0.1, -0.05) is 30.3 Å². The van der Waals surface area contributed by atoms with Crippen LogP contribution in [0.3, 0.4) is 0 Å². The zero-order valence-corrected chi connectivity index (χ0v) is 16.0. The number of benzene rings is 2. The molecule has 0 aliphatic carbocycles. The van der Waals surface area contributed by atoms with E-state index >= 15 is 0 Å². The number of aliphatic imine (C=N–C) groups is 1. The van der Waals surface area contributed by atoms with Crippen LogP contribution in [-0.4, -0.2) is 28.2 Å². The standard InChI is InChI=1S/C23H21N3O2/c1-3-28-19-9-10-21-20(14-19)15(2)24-22(26-21)13-18-11-17(12-23(27)25-18)16-7-5-4-6-8-16/h4-10,12,14H,3,11,13H2,1-2H3. The van der Waals surface area contributed by atoms with Crippen molar-refractivity contribution in [3.8, 4) is 5.75 Å². The molecule has 140 valence electrons. The minimum atomic E-state index is -0.223. The van der Waals surface area contributed by atoms with E-state index in [0.29, 0.717) is 25.3 Å². The summed E-state index contributed by atoms with van der Waals surface area (Å²) in [5, 5.41) is 0.973. The Morgan fingerprint density at radius 3 is 2.68 bits per heavy atom. The van der Waals surface area contributed by atoms with Crippen LogP contribution in [0.15, 0.2) is 59.6 Å². The van der Waals surface area contributed by atoms with Crippen LogP contribution in [-0.2, 0) is 11.2 Å². The van der Waals surface area contributed by atoms with E-state index in [2.05, 4.69) is 15.0 Å². The van der Waals surface area contributed by atoms with Gasteiger partial charge in [-0.2, -0.15) is 0 Å². The van der Waals surface area contributed by atoms with Gasteiger partial charge in [0, 0.05) is 35.7 Å². The van der Waals surface area contributed by atoms with Gasteiger partial charge in [0.05, 0.1) is 12.1 Å². The molecule has 0 bridgehead atoms. The topological polar surface area (TPSA) is 64.4 Å². The molecule has 3 aromatic rings. The van der Waals surface area contributed by atoms with Crippen LogP contribution in [0.4, 0.5) is 0 Å². The van der Waals surface area contributed by atoms with E-state index in [-0.39, 0.29) is 5.91 Å². The second-order valence-corrected chi connectivity index (χ2v) is 6.74. The number of aromatic nitrogens is 2. The number of ether oxygens (including phenoxy) is 1. The maximum Gasteiger partial charge on any atom is 0.269 e. The molecule has 4 rings (SSSR count). The third-order valence-electron chi connectivity index (χ3n) is 4.68. The molecule has 0 N–H and O–H groups in total. The number of rotatable bonds is 5. The molecule has 1 amide bonds. The van der Waals surface area contributed by atoms with Gasteiger partial charge in [0.2, 0.25) is 0 Å². The van der Waals surface area contributed by atoms with Gasteiger partial charge in [-0.25, -0.2) is 15.0 Å². The molecule has 1 aliphatic rings. The Labute approximate surface area is 163 Å².